The molecule has 0 heterocycles. The third kappa shape index (κ3) is 1.41. The lowest BCUT2D eigenvalue weighted by atomic mass is 10.00. The molecule has 1 aliphatic rings. The fraction of sp³-hybridized carbons (Fsp3) is 0.857. The van der Waals surface area contributed by atoms with Crippen LogP contribution in [0.2, 0.25) is 0 Å². The molecule has 0 aliphatic heterocycles. The summed E-state index contributed by atoms with van der Waals surface area (Å²) < 4.78 is 29.6. The summed E-state index contributed by atoms with van der Waals surface area (Å²) in [4.78, 5) is 10.9. The number of esters is 1. The van der Waals surface area contributed by atoms with Gasteiger partial charge in [0, 0.05) is 12.8 Å². The summed E-state index contributed by atoms with van der Waals surface area (Å²) in [5, 5.41) is 0. The fourth-order valence-electron chi connectivity index (χ4n) is 1.40. The first-order chi connectivity index (χ1) is 5.49. The number of halogens is 2. The van der Waals surface area contributed by atoms with Crippen LogP contribution in [-0.2, 0) is 9.53 Å². The molecule has 0 saturated heterocycles. The van der Waals surface area contributed by atoms with Gasteiger partial charge in [0.15, 0.2) is 0 Å². The number of nitrogens with two attached hydrogens (primary N) is 1. The van der Waals surface area contributed by atoms with Crippen LogP contribution in [0.5, 0.6) is 0 Å². The Bertz CT molecular complexity index is 188. The van der Waals surface area contributed by atoms with E-state index in [1.165, 1.54) is 0 Å². The maximum absolute atomic E-state index is 12.6. The second kappa shape index (κ2) is 2.97. The zero-order valence-electron chi connectivity index (χ0n) is 6.72. The summed E-state index contributed by atoms with van der Waals surface area (Å²) in [5.74, 6) is -0.745. The Morgan fingerprint density at radius 2 is 1.92 bits per heavy atom. The van der Waals surface area contributed by atoms with E-state index in [2.05, 4.69) is 4.74 Å². The van der Waals surface area contributed by atoms with Crippen molar-refractivity contribution in [2.45, 2.75) is 30.7 Å². The molecule has 2 atom stereocenters. The van der Waals surface area contributed by atoms with Crippen LogP contribution in [0.15, 0.2) is 0 Å². The van der Waals surface area contributed by atoms with E-state index in [0.29, 0.717) is 0 Å². The quantitative estimate of drug-likeness (QED) is 0.590. The van der Waals surface area contributed by atoms with Gasteiger partial charge in [-0.05, 0) is 0 Å². The zero-order chi connectivity index (χ0) is 9.35. The fourth-order valence-corrected chi connectivity index (χ4v) is 1.40. The molecule has 0 aromatic rings. The van der Waals surface area contributed by atoms with Crippen molar-refractivity contribution >= 4 is 5.97 Å². The first kappa shape index (κ1) is 9.38. The third-order valence-electron chi connectivity index (χ3n) is 2.10. The van der Waals surface area contributed by atoms with Crippen LogP contribution in [0.1, 0.15) is 12.8 Å². The van der Waals surface area contributed by atoms with Gasteiger partial charge in [0.05, 0.1) is 7.11 Å². The van der Waals surface area contributed by atoms with E-state index in [-0.39, 0.29) is 12.8 Å². The average Bonchev–Trinajstić information content (AvgIpc) is 2.26. The van der Waals surface area contributed by atoms with Gasteiger partial charge in [-0.1, -0.05) is 0 Å². The molecule has 70 valence electrons. The maximum Gasteiger partial charge on any atom is 0.326 e. The second-order valence-corrected chi connectivity index (χ2v) is 3.09. The van der Waals surface area contributed by atoms with Gasteiger partial charge in [-0.2, -0.15) is 0 Å². The van der Waals surface area contributed by atoms with Crippen LogP contribution in [0, 0.1) is 0 Å². The van der Waals surface area contributed by atoms with Crippen LogP contribution >= 0.6 is 0 Å². The molecule has 1 aliphatic carbocycles. The first-order valence-electron chi connectivity index (χ1n) is 3.65. The van der Waals surface area contributed by atoms with Gasteiger partial charge < -0.3 is 10.5 Å². The van der Waals surface area contributed by atoms with E-state index in [9.17, 15) is 13.6 Å². The Labute approximate surface area is 68.9 Å². The molecule has 0 bridgehead atoms. The van der Waals surface area contributed by atoms with Crippen LogP contribution in [0.3, 0.4) is 0 Å². The summed E-state index contributed by atoms with van der Waals surface area (Å²) >= 11 is 0. The highest BCUT2D eigenvalue weighted by molar-refractivity contribution is 5.81. The van der Waals surface area contributed by atoms with Crippen LogP contribution < -0.4 is 5.73 Å². The lowest BCUT2D eigenvalue weighted by molar-refractivity contribution is -0.147. The zero-order valence-corrected chi connectivity index (χ0v) is 6.72. The highest BCUT2D eigenvalue weighted by Gasteiger charge is 2.49. The van der Waals surface area contributed by atoms with Crippen molar-refractivity contribution in [1.29, 1.82) is 0 Å². The molecule has 0 radical (unpaired) electrons. The normalized spacial score (nSPS) is 41.3. The molecule has 1 rings (SSSR count). The van der Waals surface area contributed by atoms with Gasteiger partial charge in [0.1, 0.15) is 17.9 Å². The summed E-state index contributed by atoms with van der Waals surface area (Å²) in [5.41, 5.74) is 3.97. The predicted octanol–water partition coefficient (Wildman–Crippen LogP) is 0.327. The molecule has 5 heteroatoms. The van der Waals surface area contributed by atoms with Crippen molar-refractivity contribution in [3.63, 3.8) is 0 Å². The predicted molar refractivity (Wildman–Crippen MR) is 38.0 cm³/mol. The number of carbonyl (C=O) groups is 1. The molecular formula is C7H11F2NO2. The highest BCUT2D eigenvalue weighted by atomic mass is 19.2. The standard InChI is InChI=1S/C7H11F2NO2/c1-12-6(11)7(10)2-4(8)5(9)3-7/h4-5H,2-3,10H2,1H3. The van der Waals surface area contributed by atoms with Crippen molar-refractivity contribution in [1.82, 2.24) is 0 Å². The Morgan fingerprint density at radius 3 is 2.25 bits per heavy atom. The number of methoxy groups -OCH3 is 1. The molecule has 2 unspecified atom stereocenters. The Morgan fingerprint density at radius 1 is 1.50 bits per heavy atom. The monoisotopic (exact) mass is 179 g/mol. The van der Waals surface area contributed by atoms with Gasteiger partial charge in [-0.15, -0.1) is 0 Å². The van der Waals surface area contributed by atoms with Gasteiger partial charge in [-0.25, -0.2) is 8.78 Å². The van der Waals surface area contributed by atoms with E-state index >= 15 is 0 Å². The molecular weight excluding hydrogens is 168 g/mol. The van der Waals surface area contributed by atoms with Gasteiger partial charge in [0.2, 0.25) is 0 Å². The third-order valence-corrected chi connectivity index (χ3v) is 2.10. The maximum atomic E-state index is 12.6. The highest BCUT2D eigenvalue weighted by Crippen LogP contribution is 2.33. The molecule has 0 aromatic heterocycles. The van der Waals surface area contributed by atoms with Crippen LogP contribution in [0.25, 0.3) is 0 Å². The van der Waals surface area contributed by atoms with Crippen molar-refractivity contribution in [2.24, 2.45) is 5.73 Å². The summed E-state index contributed by atoms with van der Waals surface area (Å²) in [6.07, 6.45) is -3.87. The second-order valence-electron chi connectivity index (χ2n) is 3.09. The molecule has 2 N–H and O–H groups in total. The largest absolute Gasteiger partial charge is 0.468 e. The molecule has 3 nitrogen and oxygen atoms in total. The number of ether oxygens (including phenoxy) is 1. The minimum atomic E-state index is -1.64. The van der Waals surface area contributed by atoms with E-state index in [1.807, 2.05) is 0 Å². The van der Waals surface area contributed by atoms with Gasteiger partial charge in [0.25, 0.3) is 0 Å². The van der Waals surface area contributed by atoms with Crippen molar-refractivity contribution < 1.29 is 18.3 Å². The van der Waals surface area contributed by atoms with Crippen molar-refractivity contribution in [3.05, 3.63) is 0 Å². The van der Waals surface area contributed by atoms with Crippen LogP contribution in [0.4, 0.5) is 8.78 Å². The number of hydrogen-bond acceptors (Lipinski definition) is 3. The van der Waals surface area contributed by atoms with Crippen molar-refractivity contribution in [3.8, 4) is 0 Å². The van der Waals surface area contributed by atoms with Crippen molar-refractivity contribution in [2.75, 3.05) is 7.11 Å². The number of hydrogen-bond donors (Lipinski definition) is 1. The summed E-state index contributed by atoms with van der Waals surface area (Å²) in [7, 11) is 1.15. The minimum absolute atomic E-state index is 0.291. The minimum Gasteiger partial charge on any atom is -0.468 e. The first-order valence-corrected chi connectivity index (χ1v) is 3.65. The molecule has 1 saturated carbocycles. The Hall–Kier alpha value is -0.710. The smallest absolute Gasteiger partial charge is 0.326 e. The Balaban J connectivity index is 2.69. The van der Waals surface area contributed by atoms with Gasteiger partial charge in [-0.3, -0.25) is 4.79 Å². The van der Waals surface area contributed by atoms with E-state index in [1.54, 1.807) is 0 Å². The SMILES string of the molecule is COC(=O)C1(N)CC(F)C(F)C1. The topological polar surface area (TPSA) is 52.3 Å². The Kier molecular flexibility index (Phi) is 2.32. The lowest BCUT2D eigenvalue weighted by Gasteiger charge is -2.18. The average molecular weight is 179 g/mol. The number of alkyl halides is 2. The van der Waals surface area contributed by atoms with E-state index < -0.39 is 23.9 Å². The van der Waals surface area contributed by atoms with E-state index in [4.69, 9.17) is 5.73 Å². The molecule has 0 spiro atoms. The lowest BCUT2D eigenvalue weighted by Crippen LogP contribution is -2.46. The van der Waals surface area contributed by atoms with Gasteiger partial charge >= 0.3 is 5.97 Å². The number of carbonyl (C=O) groups excluding carboxylic acids is 1. The number of rotatable bonds is 1. The van der Waals surface area contributed by atoms with E-state index in [0.717, 1.165) is 7.11 Å². The van der Waals surface area contributed by atoms with Crippen LogP contribution in [-0.4, -0.2) is 31.0 Å². The molecule has 0 aromatic carbocycles. The molecule has 1 fully saturated rings. The molecule has 0 amide bonds. The molecule has 12 heavy (non-hydrogen) atoms. The summed E-state index contributed by atoms with van der Waals surface area (Å²) in [6, 6.07) is 0. The summed E-state index contributed by atoms with van der Waals surface area (Å²) in [6.45, 7) is 0.